The Morgan fingerprint density at radius 3 is 2.39 bits per heavy atom. The monoisotopic (exact) mass is 440 g/mol. The lowest BCUT2D eigenvalue weighted by molar-refractivity contribution is -0.116. The molecule has 0 saturated carbocycles. The van der Waals surface area contributed by atoms with Crippen LogP contribution >= 0.6 is 23.2 Å². The molecule has 12 heteroatoms. The van der Waals surface area contributed by atoms with E-state index in [0.717, 1.165) is 0 Å². The molecule has 2 heterocycles. The van der Waals surface area contributed by atoms with Gasteiger partial charge in [-0.05, 0) is 43.3 Å². The van der Waals surface area contributed by atoms with Crippen molar-refractivity contribution in [1.29, 1.82) is 0 Å². The second kappa shape index (κ2) is 8.13. The van der Waals surface area contributed by atoms with E-state index in [4.69, 9.17) is 23.2 Å². The summed E-state index contributed by atoms with van der Waals surface area (Å²) in [7, 11) is -3.86. The average molecular weight is 441 g/mol. The van der Waals surface area contributed by atoms with E-state index in [-0.39, 0.29) is 28.3 Å². The molecule has 0 aliphatic heterocycles. The molecule has 0 saturated heterocycles. The largest absolute Gasteiger partial charge is 0.324 e. The van der Waals surface area contributed by atoms with Gasteiger partial charge in [0, 0.05) is 5.69 Å². The number of nitrogens with zero attached hydrogens (tertiary/aromatic N) is 4. The van der Waals surface area contributed by atoms with Crippen molar-refractivity contribution in [2.75, 3.05) is 10.0 Å². The minimum atomic E-state index is -3.86. The Labute approximate surface area is 170 Å². The van der Waals surface area contributed by atoms with Crippen molar-refractivity contribution in [2.24, 2.45) is 0 Å². The SMILES string of the molecule is Cc1c(Cl)cnn1CC(=O)Nc1ccc(S(=O)(=O)Nc2ccc(Cl)nn2)cc1. The molecule has 2 aromatic heterocycles. The number of aromatic nitrogens is 4. The second-order valence-corrected chi connectivity index (χ2v) is 8.13. The van der Waals surface area contributed by atoms with E-state index < -0.39 is 10.0 Å². The predicted molar refractivity (Wildman–Crippen MR) is 105 cm³/mol. The number of amides is 1. The van der Waals surface area contributed by atoms with Crippen LogP contribution in [0.3, 0.4) is 0 Å². The number of hydrogen-bond donors (Lipinski definition) is 2. The molecule has 0 fully saturated rings. The van der Waals surface area contributed by atoms with Crippen molar-refractivity contribution >= 4 is 50.6 Å². The minimum absolute atomic E-state index is 0.00282. The van der Waals surface area contributed by atoms with E-state index in [1.807, 2.05) is 0 Å². The van der Waals surface area contributed by atoms with Crippen LogP contribution in [0.25, 0.3) is 0 Å². The molecule has 9 nitrogen and oxygen atoms in total. The van der Waals surface area contributed by atoms with Gasteiger partial charge < -0.3 is 5.32 Å². The van der Waals surface area contributed by atoms with E-state index in [2.05, 4.69) is 25.3 Å². The third-order valence-electron chi connectivity index (χ3n) is 3.66. The molecule has 0 radical (unpaired) electrons. The van der Waals surface area contributed by atoms with Crippen LogP contribution in [0, 0.1) is 6.92 Å². The van der Waals surface area contributed by atoms with E-state index in [9.17, 15) is 13.2 Å². The summed E-state index contributed by atoms with van der Waals surface area (Å²) in [6.07, 6.45) is 1.46. The summed E-state index contributed by atoms with van der Waals surface area (Å²) in [4.78, 5) is 12.1. The van der Waals surface area contributed by atoms with Crippen LogP contribution in [0.2, 0.25) is 10.2 Å². The van der Waals surface area contributed by atoms with Crippen LogP contribution in [0.4, 0.5) is 11.5 Å². The van der Waals surface area contributed by atoms with Gasteiger partial charge in [0.2, 0.25) is 5.91 Å². The Morgan fingerprint density at radius 1 is 1.11 bits per heavy atom. The molecule has 2 N–H and O–H groups in total. The quantitative estimate of drug-likeness (QED) is 0.607. The number of hydrogen-bond acceptors (Lipinski definition) is 6. The molecule has 1 amide bonds. The zero-order valence-electron chi connectivity index (χ0n) is 14.4. The Bertz CT molecular complexity index is 1100. The summed E-state index contributed by atoms with van der Waals surface area (Å²) in [5.41, 5.74) is 1.11. The normalized spacial score (nSPS) is 11.2. The lowest BCUT2D eigenvalue weighted by Gasteiger charge is -2.09. The molecule has 3 rings (SSSR count). The number of carbonyl (C=O) groups excluding carboxylic acids is 1. The number of nitrogens with one attached hydrogen (secondary N) is 2. The van der Waals surface area contributed by atoms with Crippen molar-refractivity contribution in [3.8, 4) is 0 Å². The van der Waals surface area contributed by atoms with Gasteiger partial charge >= 0.3 is 0 Å². The fourth-order valence-electron chi connectivity index (χ4n) is 2.20. The zero-order valence-corrected chi connectivity index (χ0v) is 16.8. The first-order valence-electron chi connectivity index (χ1n) is 7.84. The topological polar surface area (TPSA) is 119 Å². The summed E-state index contributed by atoms with van der Waals surface area (Å²) in [5, 5.41) is 14.5. The second-order valence-electron chi connectivity index (χ2n) is 5.65. The number of benzene rings is 1. The van der Waals surface area contributed by atoms with Gasteiger partial charge in [0.1, 0.15) is 6.54 Å². The first kappa shape index (κ1) is 20.1. The molecule has 0 atom stereocenters. The van der Waals surface area contributed by atoms with Crippen molar-refractivity contribution in [1.82, 2.24) is 20.0 Å². The number of sulfonamides is 1. The average Bonchev–Trinajstić information content (AvgIpc) is 2.96. The molecule has 3 aromatic rings. The van der Waals surface area contributed by atoms with Crippen molar-refractivity contribution in [2.45, 2.75) is 18.4 Å². The fraction of sp³-hybridized carbons (Fsp3) is 0.125. The maximum atomic E-state index is 12.4. The highest BCUT2D eigenvalue weighted by Gasteiger charge is 2.16. The summed E-state index contributed by atoms with van der Waals surface area (Å²) in [6.45, 7) is 1.73. The van der Waals surface area contributed by atoms with Gasteiger partial charge in [-0.2, -0.15) is 5.10 Å². The number of anilines is 2. The molecular weight excluding hydrogens is 427 g/mol. The summed E-state index contributed by atoms with van der Waals surface area (Å²) < 4.78 is 28.5. The Balaban J connectivity index is 1.66. The molecule has 0 spiro atoms. The van der Waals surface area contributed by atoms with Crippen LogP contribution in [-0.2, 0) is 21.4 Å². The van der Waals surface area contributed by atoms with E-state index in [0.29, 0.717) is 16.4 Å². The molecule has 146 valence electrons. The minimum Gasteiger partial charge on any atom is -0.324 e. The molecule has 1 aromatic carbocycles. The van der Waals surface area contributed by atoms with Crippen molar-refractivity contribution in [3.05, 3.63) is 58.5 Å². The highest BCUT2D eigenvalue weighted by Crippen LogP contribution is 2.18. The summed E-state index contributed by atoms with van der Waals surface area (Å²) in [5.74, 6) is -0.289. The number of carbonyl (C=O) groups is 1. The standard InChI is InChI=1S/C16H14Cl2N6O3S/c1-10-13(17)8-19-24(10)9-16(25)20-11-2-4-12(5-3-11)28(26,27)23-15-7-6-14(18)21-22-15/h2-8H,9H2,1H3,(H,20,25)(H,22,23). The zero-order chi connectivity index (χ0) is 20.3. The van der Waals surface area contributed by atoms with Gasteiger partial charge in [0.15, 0.2) is 11.0 Å². The predicted octanol–water partition coefficient (Wildman–Crippen LogP) is 2.73. The smallest absolute Gasteiger partial charge is 0.263 e. The van der Waals surface area contributed by atoms with Gasteiger partial charge in [-0.15, -0.1) is 10.2 Å². The van der Waals surface area contributed by atoms with Gasteiger partial charge in [0.05, 0.1) is 21.8 Å². The van der Waals surface area contributed by atoms with Crippen LogP contribution in [-0.4, -0.2) is 34.3 Å². The van der Waals surface area contributed by atoms with Gasteiger partial charge in [0.25, 0.3) is 10.0 Å². The fourth-order valence-corrected chi connectivity index (χ4v) is 3.44. The third kappa shape index (κ3) is 4.77. The molecule has 0 aliphatic rings. The first-order valence-corrected chi connectivity index (χ1v) is 10.1. The summed E-state index contributed by atoms with van der Waals surface area (Å²) in [6, 6.07) is 8.48. The van der Waals surface area contributed by atoms with Crippen molar-refractivity contribution < 1.29 is 13.2 Å². The maximum absolute atomic E-state index is 12.4. The van der Waals surface area contributed by atoms with E-state index >= 15 is 0 Å². The lowest BCUT2D eigenvalue weighted by Crippen LogP contribution is -2.20. The molecule has 0 aliphatic carbocycles. The molecule has 28 heavy (non-hydrogen) atoms. The van der Waals surface area contributed by atoms with Gasteiger partial charge in [-0.25, -0.2) is 8.42 Å². The van der Waals surface area contributed by atoms with Crippen molar-refractivity contribution in [3.63, 3.8) is 0 Å². The molecular formula is C16H14Cl2N6O3S. The van der Waals surface area contributed by atoms with Crippen LogP contribution in [0.15, 0.2) is 47.5 Å². The number of halogens is 2. The van der Waals surface area contributed by atoms with Gasteiger partial charge in [-0.1, -0.05) is 23.2 Å². The highest BCUT2D eigenvalue weighted by molar-refractivity contribution is 7.92. The van der Waals surface area contributed by atoms with Crippen LogP contribution in [0.1, 0.15) is 5.69 Å². The maximum Gasteiger partial charge on any atom is 0.263 e. The highest BCUT2D eigenvalue weighted by atomic mass is 35.5. The first-order chi connectivity index (χ1) is 13.2. The molecule has 0 unspecified atom stereocenters. The van der Waals surface area contributed by atoms with E-state index in [1.165, 1.54) is 47.3 Å². The van der Waals surface area contributed by atoms with Crippen LogP contribution < -0.4 is 10.0 Å². The molecule has 0 bridgehead atoms. The van der Waals surface area contributed by atoms with E-state index in [1.54, 1.807) is 6.92 Å². The van der Waals surface area contributed by atoms with Gasteiger partial charge in [-0.3, -0.25) is 14.2 Å². The third-order valence-corrected chi connectivity index (χ3v) is 5.60. The summed E-state index contributed by atoms with van der Waals surface area (Å²) >= 11 is 11.5. The van der Waals surface area contributed by atoms with Crippen LogP contribution in [0.5, 0.6) is 0 Å². The number of rotatable bonds is 6. The Hall–Kier alpha value is -2.69. The Morgan fingerprint density at radius 2 is 1.82 bits per heavy atom. The lowest BCUT2D eigenvalue weighted by atomic mass is 10.3. The Kier molecular flexibility index (Phi) is 5.82.